The molecule has 0 saturated carbocycles. The molecule has 0 aromatic rings. The first-order valence-electron chi connectivity index (χ1n) is 3.50. The van der Waals surface area contributed by atoms with Gasteiger partial charge in [0.15, 0.2) is 0 Å². The van der Waals surface area contributed by atoms with E-state index in [0.29, 0.717) is 6.86 Å². The Morgan fingerprint density at radius 1 is 0.700 bits per heavy atom. The van der Waals surface area contributed by atoms with E-state index in [4.69, 9.17) is 0 Å². The molecule has 0 saturated heterocycles. The number of hydrogen-bond donors (Lipinski definition) is 0. The van der Waals surface area contributed by atoms with Crippen LogP contribution in [0.4, 0.5) is 0 Å². The van der Waals surface area contributed by atoms with Gasteiger partial charge in [0.2, 0.25) is 0 Å². The Labute approximate surface area is 86.2 Å². The molecule has 0 aliphatic rings. The molecule has 0 N–H and O–H groups in total. The topological polar surface area (TPSA) is 0 Å². The van der Waals surface area contributed by atoms with E-state index in [-0.39, 0.29) is 38.1 Å². The fourth-order valence-electron chi connectivity index (χ4n) is 1.12. The van der Waals surface area contributed by atoms with Gasteiger partial charge in [0.05, 0.1) is 0 Å². The second kappa shape index (κ2) is 4.34. The Hall–Kier alpha value is 1.28. The van der Waals surface area contributed by atoms with Crippen LogP contribution >= 0.6 is 17.0 Å². The maximum absolute atomic E-state index is 2.37. The Morgan fingerprint density at radius 3 is 0.900 bits per heavy atom. The van der Waals surface area contributed by atoms with Crippen molar-refractivity contribution in [1.82, 2.24) is 0 Å². The van der Waals surface area contributed by atoms with Gasteiger partial charge < -0.3 is 0 Å². The molecule has 0 amide bonds. The molecule has 2 heteroatoms. The molecular formula is C8H19BrSn. The predicted molar refractivity (Wildman–Crippen MR) is 55.5 cm³/mol. The summed E-state index contributed by atoms with van der Waals surface area (Å²) in [6, 6.07) is 0. The maximum atomic E-state index is 2.37. The molecule has 0 aliphatic carbocycles. The van der Waals surface area contributed by atoms with Crippen molar-refractivity contribution in [3.63, 3.8) is 0 Å². The van der Waals surface area contributed by atoms with Crippen molar-refractivity contribution < 1.29 is 0 Å². The van der Waals surface area contributed by atoms with E-state index in [2.05, 4.69) is 41.5 Å². The van der Waals surface area contributed by atoms with Gasteiger partial charge in [-0.05, 0) is 0 Å². The van der Waals surface area contributed by atoms with Crippen molar-refractivity contribution in [2.45, 2.75) is 48.4 Å². The molecule has 10 heavy (non-hydrogen) atoms. The monoisotopic (exact) mass is 314 g/mol. The van der Waals surface area contributed by atoms with Gasteiger partial charge in [-0.3, -0.25) is 0 Å². The van der Waals surface area contributed by atoms with Crippen LogP contribution in [0.1, 0.15) is 41.5 Å². The zero-order valence-corrected chi connectivity index (χ0v) is 12.5. The summed E-state index contributed by atoms with van der Waals surface area (Å²) < 4.78 is 1.31. The fraction of sp³-hybridized carbons (Fsp3) is 1.00. The summed E-state index contributed by atoms with van der Waals surface area (Å²) in [4.78, 5) is 0. The standard InChI is InChI=1S/2C4H9.BrH.Sn/c2*1-4(2)3;;/h2*1-3H3;1H;. The summed E-state index contributed by atoms with van der Waals surface area (Å²) >= 11 is -0.182. The third kappa shape index (κ3) is 12.0. The average molecular weight is 314 g/mol. The van der Waals surface area contributed by atoms with Crippen LogP contribution in [0, 0.1) is 0 Å². The van der Waals surface area contributed by atoms with Gasteiger partial charge in [-0.15, -0.1) is 17.0 Å². The molecule has 0 bridgehead atoms. The van der Waals surface area contributed by atoms with Gasteiger partial charge in [-0.25, -0.2) is 0 Å². The van der Waals surface area contributed by atoms with Crippen molar-refractivity contribution in [2.24, 2.45) is 0 Å². The van der Waals surface area contributed by atoms with Crippen LogP contribution in [0.5, 0.6) is 0 Å². The van der Waals surface area contributed by atoms with Crippen LogP contribution in [-0.4, -0.2) is 21.1 Å². The summed E-state index contributed by atoms with van der Waals surface area (Å²) in [6.45, 7) is 14.2. The third-order valence-corrected chi connectivity index (χ3v) is 5.03. The van der Waals surface area contributed by atoms with E-state index in [1.807, 2.05) is 0 Å². The zero-order valence-electron chi connectivity index (χ0n) is 7.91. The molecule has 0 aromatic heterocycles. The summed E-state index contributed by atoms with van der Waals surface area (Å²) in [6.07, 6.45) is 0. The number of rotatable bonds is 0. The van der Waals surface area contributed by atoms with Crippen LogP contribution in [0.2, 0.25) is 6.86 Å². The van der Waals surface area contributed by atoms with Crippen LogP contribution in [0.25, 0.3) is 0 Å². The molecule has 2 radical (unpaired) electrons. The molecule has 0 aliphatic heterocycles. The van der Waals surface area contributed by atoms with E-state index in [1.54, 1.807) is 0 Å². The van der Waals surface area contributed by atoms with E-state index >= 15 is 0 Å². The average Bonchev–Trinajstić information content (AvgIpc) is 1.14. The van der Waals surface area contributed by atoms with Crippen molar-refractivity contribution >= 4 is 38.1 Å². The first-order chi connectivity index (χ1) is 3.71. The Morgan fingerprint density at radius 2 is 0.900 bits per heavy atom. The van der Waals surface area contributed by atoms with Crippen molar-refractivity contribution in [2.75, 3.05) is 0 Å². The molecule has 0 nitrogen and oxygen atoms in total. The Kier molecular flexibility index (Phi) is 6.01. The van der Waals surface area contributed by atoms with Gasteiger partial charge >= 0.3 is 69.5 Å². The van der Waals surface area contributed by atoms with Crippen molar-refractivity contribution in [3.8, 4) is 0 Å². The van der Waals surface area contributed by atoms with Crippen LogP contribution in [-0.2, 0) is 0 Å². The molecule has 0 aromatic carbocycles. The summed E-state index contributed by atoms with van der Waals surface area (Å²) in [5.74, 6) is 0. The van der Waals surface area contributed by atoms with Gasteiger partial charge in [-0.2, -0.15) is 0 Å². The second-order valence-corrected chi connectivity index (χ2v) is 13.9. The molecular weight excluding hydrogens is 295 g/mol. The molecule has 62 valence electrons. The molecule has 0 rings (SSSR count). The Balaban J connectivity index is 0. The predicted octanol–water partition coefficient (Wildman–Crippen LogP) is 3.71. The first kappa shape index (κ1) is 13.8. The molecule has 0 spiro atoms. The number of hydrogen-bond acceptors (Lipinski definition) is 0. The van der Waals surface area contributed by atoms with Crippen molar-refractivity contribution in [3.05, 3.63) is 0 Å². The molecule has 0 heterocycles. The summed E-state index contributed by atoms with van der Waals surface area (Å²) in [5, 5.41) is 0. The van der Waals surface area contributed by atoms with E-state index in [9.17, 15) is 0 Å². The van der Waals surface area contributed by atoms with Crippen LogP contribution in [0.15, 0.2) is 0 Å². The second-order valence-electron chi connectivity index (χ2n) is 4.62. The SMILES string of the molecule is Br.C[C](C)(C)[Sn][C](C)(C)C. The van der Waals surface area contributed by atoms with Gasteiger partial charge in [-0.1, -0.05) is 0 Å². The quantitative estimate of drug-likeness (QED) is 0.598. The fourth-order valence-corrected chi connectivity index (χ4v) is 7.55. The van der Waals surface area contributed by atoms with Gasteiger partial charge in [0.1, 0.15) is 0 Å². The normalized spacial score (nSPS) is 12.6. The van der Waals surface area contributed by atoms with Gasteiger partial charge in [0, 0.05) is 0 Å². The Bertz CT molecular complexity index is 74.4. The minimum atomic E-state index is -0.182. The van der Waals surface area contributed by atoms with E-state index in [0.717, 1.165) is 0 Å². The van der Waals surface area contributed by atoms with Crippen molar-refractivity contribution in [1.29, 1.82) is 0 Å². The third-order valence-electron chi connectivity index (χ3n) is 0.750. The van der Waals surface area contributed by atoms with Crippen LogP contribution in [0.3, 0.4) is 0 Å². The van der Waals surface area contributed by atoms with Crippen LogP contribution < -0.4 is 0 Å². The van der Waals surface area contributed by atoms with E-state index in [1.165, 1.54) is 0 Å². The zero-order chi connectivity index (χ0) is 7.71. The van der Waals surface area contributed by atoms with Gasteiger partial charge in [0.25, 0.3) is 0 Å². The molecule has 0 fully saturated rings. The molecule has 0 atom stereocenters. The molecule has 0 unspecified atom stereocenters. The number of halogens is 1. The summed E-state index contributed by atoms with van der Waals surface area (Å²) in [5.41, 5.74) is 0. The first-order valence-corrected chi connectivity index (χ1v) is 6.35. The van der Waals surface area contributed by atoms with E-state index < -0.39 is 0 Å². The summed E-state index contributed by atoms with van der Waals surface area (Å²) in [7, 11) is 0. The minimum absolute atomic E-state index is 0.